The number of likely N-dealkylation sites (N-methyl/N-ethyl adjacent to an activating group) is 1. The third-order valence-corrected chi connectivity index (χ3v) is 4.97. The van der Waals surface area contributed by atoms with E-state index in [4.69, 9.17) is 0 Å². The first kappa shape index (κ1) is 15.3. The fraction of sp³-hybridized carbons (Fsp3) is 0.647. The number of nitrogens with zero attached hydrogens (tertiary/aromatic N) is 5. The molecule has 0 aliphatic carbocycles. The zero-order chi connectivity index (χ0) is 15.4. The molecule has 0 N–H and O–H groups in total. The summed E-state index contributed by atoms with van der Waals surface area (Å²) in [6.07, 6.45) is 5.82. The number of pyridine rings is 1. The molecule has 1 aromatic heterocycles. The Hall–Kier alpha value is -1.64. The summed E-state index contributed by atoms with van der Waals surface area (Å²) in [6.45, 7) is 6.46. The van der Waals surface area contributed by atoms with Crippen LogP contribution in [0.25, 0.3) is 0 Å². The number of hydrogen-bond acceptors (Lipinski definition) is 5. The molecule has 5 heteroatoms. The number of piperazine rings is 1. The minimum Gasteiger partial charge on any atom is -0.353 e. The lowest BCUT2D eigenvalue weighted by atomic mass is 10.0. The Morgan fingerprint density at radius 2 is 2.05 bits per heavy atom. The van der Waals surface area contributed by atoms with Crippen LogP contribution in [0.5, 0.6) is 0 Å². The Morgan fingerprint density at radius 3 is 2.77 bits per heavy atom. The molecular weight excluding hydrogens is 274 g/mol. The van der Waals surface area contributed by atoms with E-state index in [1.54, 1.807) is 6.20 Å². The Morgan fingerprint density at radius 1 is 1.23 bits per heavy atom. The van der Waals surface area contributed by atoms with Gasteiger partial charge in [0.2, 0.25) is 0 Å². The molecule has 0 amide bonds. The summed E-state index contributed by atoms with van der Waals surface area (Å²) < 4.78 is 0. The minimum absolute atomic E-state index is 0.683. The van der Waals surface area contributed by atoms with Crippen molar-refractivity contribution in [1.82, 2.24) is 14.8 Å². The van der Waals surface area contributed by atoms with Crippen molar-refractivity contribution in [3.8, 4) is 6.07 Å². The van der Waals surface area contributed by atoms with Gasteiger partial charge in [-0.1, -0.05) is 6.42 Å². The number of aromatic nitrogens is 1. The third-order valence-electron chi connectivity index (χ3n) is 4.97. The summed E-state index contributed by atoms with van der Waals surface area (Å²) in [5.41, 5.74) is 0.683. The van der Waals surface area contributed by atoms with Gasteiger partial charge in [-0.05, 0) is 38.6 Å². The number of likely N-dealkylation sites (tertiary alicyclic amines) is 1. The van der Waals surface area contributed by atoms with Crippen molar-refractivity contribution >= 4 is 5.82 Å². The first-order valence-electron chi connectivity index (χ1n) is 8.30. The molecule has 0 saturated carbocycles. The fourth-order valence-electron chi connectivity index (χ4n) is 3.55. The van der Waals surface area contributed by atoms with Crippen LogP contribution in [-0.2, 0) is 0 Å². The van der Waals surface area contributed by atoms with Gasteiger partial charge < -0.3 is 9.80 Å². The van der Waals surface area contributed by atoms with Crippen molar-refractivity contribution < 1.29 is 0 Å². The predicted molar refractivity (Wildman–Crippen MR) is 87.9 cm³/mol. The maximum Gasteiger partial charge on any atom is 0.146 e. The molecule has 5 nitrogen and oxygen atoms in total. The minimum atomic E-state index is 0.683. The average molecular weight is 299 g/mol. The van der Waals surface area contributed by atoms with Crippen LogP contribution in [0.4, 0.5) is 5.82 Å². The highest BCUT2D eigenvalue weighted by atomic mass is 15.3. The molecule has 2 aliphatic heterocycles. The number of nitriles is 1. The molecule has 2 aliphatic rings. The zero-order valence-corrected chi connectivity index (χ0v) is 13.4. The third kappa shape index (κ3) is 3.40. The smallest absolute Gasteiger partial charge is 0.146 e. The van der Waals surface area contributed by atoms with Crippen molar-refractivity contribution in [1.29, 1.82) is 5.26 Å². The monoisotopic (exact) mass is 299 g/mol. The molecule has 0 radical (unpaired) electrons. The van der Waals surface area contributed by atoms with Gasteiger partial charge in [-0.2, -0.15) is 5.26 Å². The first-order chi connectivity index (χ1) is 10.8. The normalized spacial score (nSPS) is 24.2. The summed E-state index contributed by atoms with van der Waals surface area (Å²) in [5, 5.41) is 9.21. The lowest BCUT2D eigenvalue weighted by Crippen LogP contribution is -2.52. The fourth-order valence-corrected chi connectivity index (χ4v) is 3.55. The molecule has 2 saturated heterocycles. The van der Waals surface area contributed by atoms with Crippen LogP contribution in [-0.4, -0.2) is 67.1 Å². The van der Waals surface area contributed by atoms with Crippen molar-refractivity contribution in [2.75, 3.05) is 51.2 Å². The highest BCUT2D eigenvalue weighted by Crippen LogP contribution is 2.20. The second kappa shape index (κ2) is 7.08. The van der Waals surface area contributed by atoms with Crippen LogP contribution in [0.1, 0.15) is 24.8 Å². The molecule has 118 valence electrons. The highest BCUT2D eigenvalue weighted by molar-refractivity contribution is 5.53. The quantitative estimate of drug-likeness (QED) is 0.847. The van der Waals surface area contributed by atoms with Crippen LogP contribution in [0.15, 0.2) is 18.3 Å². The van der Waals surface area contributed by atoms with E-state index in [-0.39, 0.29) is 0 Å². The van der Waals surface area contributed by atoms with E-state index < -0.39 is 0 Å². The Balaban J connectivity index is 1.55. The van der Waals surface area contributed by atoms with Crippen molar-refractivity contribution in [2.45, 2.75) is 25.3 Å². The number of anilines is 1. The Kier molecular flexibility index (Phi) is 4.91. The average Bonchev–Trinajstić information content (AvgIpc) is 2.58. The summed E-state index contributed by atoms with van der Waals surface area (Å²) in [6, 6.07) is 6.65. The van der Waals surface area contributed by atoms with Crippen LogP contribution in [0.3, 0.4) is 0 Å². The predicted octanol–water partition coefficient (Wildman–Crippen LogP) is 1.56. The largest absolute Gasteiger partial charge is 0.353 e. The summed E-state index contributed by atoms with van der Waals surface area (Å²) in [7, 11) is 2.26. The standard InChI is InChI=1S/C17H25N5/c1-20-8-3-2-6-16(20)14-21-9-11-22(12-10-21)17-15(13-18)5-4-7-19-17/h4-5,7,16H,2-3,6,8-12,14H2,1H3. The van der Waals surface area contributed by atoms with Gasteiger partial charge >= 0.3 is 0 Å². The molecule has 1 unspecified atom stereocenters. The zero-order valence-electron chi connectivity index (χ0n) is 13.4. The van der Waals surface area contributed by atoms with E-state index in [9.17, 15) is 5.26 Å². The second-order valence-corrected chi connectivity index (χ2v) is 6.40. The van der Waals surface area contributed by atoms with E-state index in [0.29, 0.717) is 11.6 Å². The van der Waals surface area contributed by atoms with Crippen LogP contribution >= 0.6 is 0 Å². The SMILES string of the molecule is CN1CCCCC1CN1CCN(c2ncccc2C#N)CC1. The van der Waals surface area contributed by atoms with Crippen LogP contribution in [0.2, 0.25) is 0 Å². The van der Waals surface area contributed by atoms with Crippen LogP contribution in [0, 0.1) is 11.3 Å². The maximum atomic E-state index is 9.21. The Bertz CT molecular complexity index is 530. The molecule has 0 bridgehead atoms. The van der Waals surface area contributed by atoms with E-state index in [1.807, 2.05) is 12.1 Å². The van der Waals surface area contributed by atoms with Gasteiger partial charge in [-0.15, -0.1) is 0 Å². The highest BCUT2D eigenvalue weighted by Gasteiger charge is 2.25. The summed E-state index contributed by atoms with van der Waals surface area (Å²) in [5.74, 6) is 0.847. The van der Waals surface area contributed by atoms with Gasteiger partial charge in [0.1, 0.15) is 11.9 Å². The molecule has 2 fully saturated rings. The van der Waals surface area contributed by atoms with Crippen LogP contribution < -0.4 is 4.90 Å². The summed E-state index contributed by atoms with van der Waals surface area (Å²) in [4.78, 5) is 11.7. The van der Waals surface area contributed by atoms with Gasteiger partial charge in [-0.25, -0.2) is 4.98 Å². The first-order valence-corrected chi connectivity index (χ1v) is 8.30. The number of rotatable bonds is 3. The van der Waals surface area contributed by atoms with Gasteiger partial charge in [0.25, 0.3) is 0 Å². The molecule has 3 rings (SSSR count). The maximum absolute atomic E-state index is 9.21. The molecule has 22 heavy (non-hydrogen) atoms. The lowest BCUT2D eigenvalue weighted by Gasteiger charge is -2.40. The molecule has 0 aromatic carbocycles. The number of piperidine rings is 1. The molecular formula is C17H25N5. The van der Waals surface area contributed by atoms with Crippen molar-refractivity contribution in [3.05, 3.63) is 23.9 Å². The van der Waals surface area contributed by atoms with Gasteiger partial charge in [-0.3, -0.25) is 4.90 Å². The summed E-state index contributed by atoms with van der Waals surface area (Å²) >= 11 is 0. The van der Waals surface area contributed by atoms with E-state index in [0.717, 1.165) is 32.0 Å². The van der Waals surface area contributed by atoms with Crippen molar-refractivity contribution in [2.24, 2.45) is 0 Å². The Labute approximate surface area is 133 Å². The number of hydrogen-bond donors (Lipinski definition) is 0. The van der Waals surface area contributed by atoms with Gasteiger partial charge in [0, 0.05) is 45.0 Å². The molecule has 3 heterocycles. The van der Waals surface area contributed by atoms with Gasteiger partial charge in [0.05, 0.1) is 5.56 Å². The van der Waals surface area contributed by atoms with E-state index in [1.165, 1.54) is 32.4 Å². The van der Waals surface area contributed by atoms with Crippen molar-refractivity contribution in [3.63, 3.8) is 0 Å². The topological polar surface area (TPSA) is 46.4 Å². The molecule has 1 aromatic rings. The second-order valence-electron chi connectivity index (χ2n) is 6.40. The van der Waals surface area contributed by atoms with Gasteiger partial charge in [0.15, 0.2) is 0 Å². The molecule has 0 spiro atoms. The molecule has 1 atom stereocenters. The lowest BCUT2D eigenvalue weighted by molar-refractivity contribution is 0.124. The van der Waals surface area contributed by atoms with E-state index >= 15 is 0 Å². The van der Waals surface area contributed by atoms with E-state index in [2.05, 4.69) is 32.8 Å².